The molecular formula is C13H14BrN3OS. The molecule has 0 aliphatic rings. The highest BCUT2D eigenvalue weighted by atomic mass is 79.9. The molecule has 0 atom stereocenters. The van der Waals surface area contributed by atoms with Crippen LogP contribution in [0.1, 0.15) is 16.1 Å². The van der Waals surface area contributed by atoms with Gasteiger partial charge < -0.3 is 10.5 Å². The molecule has 0 amide bonds. The highest BCUT2D eigenvalue weighted by Gasteiger charge is 2.06. The molecule has 0 fully saturated rings. The topological polar surface area (TPSA) is 72.0 Å². The second-order valence-electron chi connectivity index (χ2n) is 4.02. The molecule has 1 aromatic heterocycles. The largest absolute Gasteiger partial charge is 0.492 e. The highest BCUT2D eigenvalue weighted by Crippen LogP contribution is 2.26. The van der Waals surface area contributed by atoms with E-state index >= 15 is 0 Å². The fraction of sp³-hybridized carbons (Fsp3) is 0.231. The lowest BCUT2D eigenvalue weighted by Crippen LogP contribution is -2.11. The number of aryl methyl sites for hydroxylation is 1. The Morgan fingerprint density at radius 2 is 2.32 bits per heavy atom. The summed E-state index contributed by atoms with van der Waals surface area (Å²) in [6.07, 6.45) is 0.845. The second kappa shape index (κ2) is 6.16. The van der Waals surface area contributed by atoms with Gasteiger partial charge >= 0.3 is 0 Å². The summed E-state index contributed by atoms with van der Waals surface area (Å²) in [6.45, 7) is 2.60. The third-order valence-corrected chi connectivity index (χ3v) is 4.29. The Kier molecular flexibility index (Phi) is 4.55. The summed E-state index contributed by atoms with van der Waals surface area (Å²) in [5, 5.41) is 7.37. The average Bonchev–Trinajstić information content (AvgIpc) is 2.77. The average molecular weight is 340 g/mol. The normalized spacial score (nSPS) is 10.4. The third-order valence-electron chi connectivity index (χ3n) is 2.67. The Bertz CT molecular complexity index is 597. The summed E-state index contributed by atoms with van der Waals surface area (Å²) in [5.41, 5.74) is 9.03. The van der Waals surface area contributed by atoms with E-state index in [4.69, 9.17) is 15.9 Å². The predicted octanol–water partition coefficient (Wildman–Crippen LogP) is 3.12. The minimum atomic E-state index is 0.0486. The van der Waals surface area contributed by atoms with Crippen molar-refractivity contribution in [1.29, 1.82) is 5.41 Å². The quantitative estimate of drug-likeness (QED) is 0.649. The number of nitrogen functional groups attached to an aromatic ring is 1. The number of nitrogens with zero attached hydrogens (tertiary/aromatic N) is 1. The number of rotatable bonds is 5. The summed E-state index contributed by atoms with van der Waals surface area (Å²) >= 11 is 5.07. The van der Waals surface area contributed by atoms with Crippen molar-refractivity contribution >= 4 is 33.1 Å². The van der Waals surface area contributed by atoms with Gasteiger partial charge in [0.05, 0.1) is 22.3 Å². The van der Waals surface area contributed by atoms with E-state index in [1.807, 2.05) is 18.5 Å². The van der Waals surface area contributed by atoms with E-state index in [2.05, 4.69) is 20.9 Å². The van der Waals surface area contributed by atoms with Crippen LogP contribution in [0.5, 0.6) is 5.75 Å². The lowest BCUT2D eigenvalue weighted by Gasteiger charge is -2.09. The van der Waals surface area contributed by atoms with Crippen molar-refractivity contribution in [2.24, 2.45) is 5.73 Å². The zero-order valence-corrected chi connectivity index (χ0v) is 12.8. The number of hydrogen-bond donors (Lipinski definition) is 2. The number of aromatic nitrogens is 1. The molecule has 0 bridgehead atoms. The fourth-order valence-electron chi connectivity index (χ4n) is 1.61. The standard InChI is InChI=1S/C13H14BrN3OS/c1-8-12(19-7-17-8)4-5-18-11-3-2-9(13(15)16)6-10(11)14/h2-3,6-7H,4-5H2,1H3,(H3,15,16). The van der Waals surface area contributed by atoms with Gasteiger partial charge in [0.25, 0.3) is 0 Å². The van der Waals surface area contributed by atoms with Crippen LogP contribution in [0.15, 0.2) is 28.2 Å². The Balaban J connectivity index is 1.96. The SMILES string of the molecule is Cc1ncsc1CCOc1ccc(C(=N)N)cc1Br. The predicted molar refractivity (Wildman–Crippen MR) is 81.2 cm³/mol. The molecule has 0 saturated carbocycles. The van der Waals surface area contributed by atoms with Gasteiger partial charge in [-0.05, 0) is 41.1 Å². The first-order valence-corrected chi connectivity index (χ1v) is 7.41. The van der Waals surface area contributed by atoms with Gasteiger partial charge in [-0.1, -0.05) is 0 Å². The van der Waals surface area contributed by atoms with Crippen molar-refractivity contribution in [3.63, 3.8) is 0 Å². The molecule has 1 aromatic carbocycles. The molecule has 2 aromatic rings. The first-order valence-electron chi connectivity index (χ1n) is 5.73. The monoisotopic (exact) mass is 339 g/mol. The number of ether oxygens (including phenoxy) is 1. The van der Waals surface area contributed by atoms with Crippen LogP contribution in [0.3, 0.4) is 0 Å². The Morgan fingerprint density at radius 1 is 1.53 bits per heavy atom. The molecule has 100 valence electrons. The first-order chi connectivity index (χ1) is 9.08. The van der Waals surface area contributed by atoms with E-state index in [1.165, 1.54) is 4.88 Å². The van der Waals surface area contributed by atoms with Gasteiger partial charge in [0.2, 0.25) is 0 Å². The minimum absolute atomic E-state index is 0.0486. The summed E-state index contributed by atoms with van der Waals surface area (Å²) in [5.74, 6) is 0.805. The van der Waals surface area contributed by atoms with Gasteiger partial charge in [0, 0.05) is 16.9 Å². The number of nitrogens with two attached hydrogens (primary N) is 1. The van der Waals surface area contributed by atoms with E-state index in [9.17, 15) is 0 Å². The lowest BCUT2D eigenvalue weighted by molar-refractivity contribution is 0.320. The molecule has 19 heavy (non-hydrogen) atoms. The minimum Gasteiger partial charge on any atom is -0.492 e. The molecule has 0 aliphatic carbocycles. The Morgan fingerprint density at radius 3 is 2.89 bits per heavy atom. The summed E-state index contributed by atoms with van der Waals surface area (Å²) in [6, 6.07) is 5.39. The van der Waals surface area contributed by atoms with Crippen molar-refractivity contribution in [3.05, 3.63) is 44.3 Å². The van der Waals surface area contributed by atoms with Crippen molar-refractivity contribution in [2.45, 2.75) is 13.3 Å². The van der Waals surface area contributed by atoms with E-state index in [-0.39, 0.29) is 5.84 Å². The molecule has 3 N–H and O–H groups in total. The Hall–Kier alpha value is -1.40. The number of halogens is 1. The van der Waals surface area contributed by atoms with E-state index in [0.29, 0.717) is 12.2 Å². The molecule has 2 rings (SSSR count). The van der Waals surface area contributed by atoms with Gasteiger partial charge in [-0.15, -0.1) is 11.3 Å². The van der Waals surface area contributed by atoms with Gasteiger partial charge in [0.1, 0.15) is 11.6 Å². The van der Waals surface area contributed by atoms with Gasteiger partial charge in [0.15, 0.2) is 0 Å². The van der Waals surface area contributed by atoms with Crippen LogP contribution in [0, 0.1) is 12.3 Å². The number of thiazole rings is 1. The Labute approximate surface area is 124 Å². The van der Waals surface area contributed by atoms with Crippen LogP contribution in [0.2, 0.25) is 0 Å². The number of hydrogen-bond acceptors (Lipinski definition) is 4. The van der Waals surface area contributed by atoms with Crippen molar-refractivity contribution in [3.8, 4) is 5.75 Å². The molecule has 0 radical (unpaired) electrons. The maximum Gasteiger partial charge on any atom is 0.133 e. The molecule has 0 aliphatic heterocycles. The van der Waals surface area contributed by atoms with Crippen molar-refractivity contribution in [2.75, 3.05) is 6.61 Å². The molecule has 0 spiro atoms. The molecule has 0 unspecified atom stereocenters. The molecular weight excluding hydrogens is 326 g/mol. The van der Waals surface area contributed by atoms with Crippen LogP contribution < -0.4 is 10.5 Å². The molecule has 4 nitrogen and oxygen atoms in total. The van der Waals surface area contributed by atoms with E-state index in [0.717, 1.165) is 22.3 Å². The zero-order chi connectivity index (χ0) is 13.8. The summed E-state index contributed by atoms with van der Waals surface area (Å²) in [7, 11) is 0. The number of amidine groups is 1. The third kappa shape index (κ3) is 3.54. The number of nitrogens with one attached hydrogen (secondary N) is 1. The zero-order valence-electron chi connectivity index (χ0n) is 10.4. The maximum absolute atomic E-state index is 7.37. The smallest absolute Gasteiger partial charge is 0.133 e. The van der Waals surface area contributed by atoms with Crippen LogP contribution in [0.4, 0.5) is 0 Å². The van der Waals surface area contributed by atoms with Gasteiger partial charge in [-0.3, -0.25) is 5.41 Å². The van der Waals surface area contributed by atoms with Crippen LogP contribution >= 0.6 is 27.3 Å². The van der Waals surface area contributed by atoms with Crippen molar-refractivity contribution in [1.82, 2.24) is 4.98 Å². The van der Waals surface area contributed by atoms with Crippen LogP contribution in [-0.4, -0.2) is 17.4 Å². The molecule has 1 heterocycles. The number of benzene rings is 1. The lowest BCUT2D eigenvalue weighted by atomic mass is 10.2. The highest BCUT2D eigenvalue weighted by molar-refractivity contribution is 9.10. The van der Waals surface area contributed by atoms with Gasteiger partial charge in [-0.25, -0.2) is 4.98 Å². The van der Waals surface area contributed by atoms with Crippen LogP contribution in [-0.2, 0) is 6.42 Å². The van der Waals surface area contributed by atoms with E-state index < -0.39 is 0 Å². The summed E-state index contributed by atoms with van der Waals surface area (Å²) < 4.78 is 6.53. The van der Waals surface area contributed by atoms with Crippen molar-refractivity contribution < 1.29 is 4.74 Å². The molecule has 6 heteroatoms. The summed E-state index contributed by atoms with van der Waals surface area (Å²) in [4.78, 5) is 5.45. The fourth-order valence-corrected chi connectivity index (χ4v) is 2.86. The van der Waals surface area contributed by atoms with Crippen LogP contribution in [0.25, 0.3) is 0 Å². The molecule has 0 saturated heterocycles. The maximum atomic E-state index is 7.37. The van der Waals surface area contributed by atoms with E-state index in [1.54, 1.807) is 23.5 Å². The second-order valence-corrected chi connectivity index (χ2v) is 5.81. The first kappa shape index (κ1) is 14.0. The van der Waals surface area contributed by atoms with Gasteiger partial charge in [-0.2, -0.15) is 0 Å².